The minimum Gasteiger partial charge on any atom is -0.385 e. The molecule has 0 saturated heterocycles. The number of hydrogen-bond acceptors (Lipinski definition) is 2. The van der Waals surface area contributed by atoms with Gasteiger partial charge in [0.15, 0.2) is 0 Å². The number of rotatable bonds is 9. The normalized spacial score (nSPS) is 14.2. The van der Waals surface area contributed by atoms with E-state index in [0.717, 1.165) is 25.5 Å². The summed E-state index contributed by atoms with van der Waals surface area (Å²) in [4.78, 5) is 0. The Hall–Kier alpha value is -1.00. The first-order valence-corrected chi connectivity index (χ1v) is 7.24. The third kappa shape index (κ3) is 5.55. The molecule has 1 N–H and O–H groups in total. The highest BCUT2D eigenvalue weighted by Gasteiger charge is 2.18. The SMILES string of the molecule is CCCNC(Cc1ccc(F)cc1F)C(C)CCOC. The predicted octanol–water partition coefficient (Wildman–Crippen LogP) is 3.55. The third-order valence-corrected chi connectivity index (χ3v) is 3.58. The van der Waals surface area contributed by atoms with Gasteiger partial charge in [0.1, 0.15) is 11.6 Å². The first-order chi connectivity index (χ1) is 9.58. The first kappa shape index (κ1) is 17.1. The maximum atomic E-state index is 13.8. The number of nitrogens with one attached hydrogen (secondary N) is 1. The highest BCUT2D eigenvalue weighted by molar-refractivity contribution is 5.19. The third-order valence-electron chi connectivity index (χ3n) is 3.58. The van der Waals surface area contributed by atoms with Crippen LogP contribution in [0.25, 0.3) is 0 Å². The summed E-state index contributed by atoms with van der Waals surface area (Å²) in [6.07, 6.45) is 2.51. The van der Waals surface area contributed by atoms with Crippen LogP contribution in [-0.4, -0.2) is 26.3 Å². The van der Waals surface area contributed by atoms with Crippen LogP contribution in [-0.2, 0) is 11.2 Å². The molecule has 0 bridgehead atoms. The second-order valence-corrected chi connectivity index (χ2v) is 5.26. The molecule has 1 aromatic carbocycles. The van der Waals surface area contributed by atoms with Crippen LogP contribution in [0, 0.1) is 17.6 Å². The van der Waals surface area contributed by atoms with Gasteiger partial charge in [-0.3, -0.25) is 0 Å². The van der Waals surface area contributed by atoms with Gasteiger partial charge in [0, 0.05) is 25.8 Å². The molecule has 4 heteroatoms. The number of benzene rings is 1. The van der Waals surface area contributed by atoms with Gasteiger partial charge >= 0.3 is 0 Å². The van der Waals surface area contributed by atoms with Crippen molar-refractivity contribution in [2.75, 3.05) is 20.3 Å². The van der Waals surface area contributed by atoms with Crippen LogP contribution in [0.3, 0.4) is 0 Å². The molecule has 0 radical (unpaired) electrons. The van der Waals surface area contributed by atoms with Crippen LogP contribution < -0.4 is 5.32 Å². The van der Waals surface area contributed by atoms with Crippen molar-refractivity contribution in [1.82, 2.24) is 5.32 Å². The minimum atomic E-state index is -0.531. The molecule has 2 unspecified atom stereocenters. The molecule has 1 rings (SSSR count). The van der Waals surface area contributed by atoms with Crippen molar-refractivity contribution in [3.8, 4) is 0 Å². The second-order valence-electron chi connectivity index (χ2n) is 5.26. The summed E-state index contributed by atoms with van der Waals surface area (Å²) in [5.41, 5.74) is 0.560. The first-order valence-electron chi connectivity index (χ1n) is 7.24. The average molecular weight is 285 g/mol. The van der Waals surface area contributed by atoms with E-state index in [2.05, 4.69) is 19.2 Å². The van der Waals surface area contributed by atoms with Crippen molar-refractivity contribution in [2.24, 2.45) is 5.92 Å². The van der Waals surface area contributed by atoms with Gasteiger partial charge in [-0.2, -0.15) is 0 Å². The van der Waals surface area contributed by atoms with E-state index in [9.17, 15) is 8.78 Å². The molecule has 0 fully saturated rings. The maximum absolute atomic E-state index is 13.8. The van der Waals surface area contributed by atoms with E-state index in [4.69, 9.17) is 4.74 Å². The van der Waals surface area contributed by atoms with Crippen molar-refractivity contribution in [3.05, 3.63) is 35.4 Å². The van der Waals surface area contributed by atoms with Gasteiger partial charge in [-0.05, 0) is 43.4 Å². The minimum absolute atomic E-state index is 0.171. The number of hydrogen-bond donors (Lipinski definition) is 1. The van der Waals surface area contributed by atoms with Crippen LogP contribution in [0.1, 0.15) is 32.3 Å². The fourth-order valence-electron chi connectivity index (χ4n) is 2.23. The quantitative estimate of drug-likeness (QED) is 0.749. The standard InChI is InChI=1S/C16H25F2NO/c1-4-8-19-16(12(2)7-9-20-3)10-13-5-6-14(17)11-15(13)18/h5-6,11-12,16,19H,4,7-10H2,1-3H3. The number of halogens is 2. The van der Waals surface area contributed by atoms with Crippen LogP contribution in [0.2, 0.25) is 0 Å². The molecule has 114 valence electrons. The molecule has 1 aromatic rings. The van der Waals surface area contributed by atoms with E-state index in [1.807, 2.05) is 0 Å². The predicted molar refractivity (Wildman–Crippen MR) is 77.8 cm³/mol. The summed E-state index contributed by atoms with van der Waals surface area (Å²) in [6, 6.07) is 3.97. The molecule has 0 amide bonds. The molecule has 0 aromatic heterocycles. The largest absolute Gasteiger partial charge is 0.385 e. The lowest BCUT2D eigenvalue weighted by atomic mass is 9.92. The van der Waals surface area contributed by atoms with Gasteiger partial charge in [0.05, 0.1) is 0 Å². The highest BCUT2D eigenvalue weighted by atomic mass is 19.1. The summed E-state index contributed by atoms with van der Waals surface area (Å²) >= 11 is 0. The van der Waals surface area contributed by atoms with Crippen LogP contribution in [0.4, 0.5) is 8.78 Å². The molecule has 0 heterocycles. The van der Waals surface area contributed by atoms with Crippen molar-refractivity contribution < 1.29 is 13.5 Å². The lowest BCUT2D eigenvalue weighted by Gasteiger charge is -2.25. The van der Waals surface area contributed by atoms with Crippen molar-refractivity contribution in [3.63, 3.8) is 0 Å². The van der Waals surface area contributed by atoms with Crippen LogP contribution >= 0.6 is 0 Å². The Morgan fingerprint density at radius 2 is 2.05 bits per heavy atom. The van der Waals surface area contributed by atoms with Crippen molar-refractivity contribution in [1.29, 1.82) is 0 Å². The van der Waals surface area contributed by atoms with Gasteiger partial charge in [-0.15, -0.1) is 0 Å². The molecule has 0 aliphatic rings. The van der Waals surface area contributed by atoms with E-state index in [0.29, 0.717) is 24.5 Å². The molecular weight excluding hydrogens is 260 g/mol. The molecule has 0 spiro atoms. The Balaban J connectivity index is 2.71. The monoisotopic (exact) mass is 285 g/mol. The molecule has 0 saturated carbocycles. The smallest absolute Gasteiger partial charge is 0.129 e. The topological polar surface area (TPSA) is 21.3 Å². The van der Waals surface area contributed by atoms with Gasteiger partial charge in [-0.1, -0.05) is 19.9 Å². The Kier molecular flexibility index (Phi) is 7.70. The summed E-state index contributed by atoms with van der Waals surface area (Å²) < 4.78 is 31.8. The van der Waals surface area contributed by atoms with E-state index in [1.54, 1.807) is 7.11 Å². The zero-order valence-electron chi connectivity index (χ0n) is 12.6. The van der Waals surface area contributed by atoms with Gasteiger partial charge in [0.25, 0.3) is 0 Å². The molecule has 2 atom stereocenters. The average Bonchev–Trinajstić information content (AvgIpc) is 2.43. The Morgan fingerprint density at radius 3 is 2.65 bits per heavy atom. The molecule has 2 nitrogen and oxygen atoms in total. The number of methoxy groups -OCH3 is 1. The fourth-order valence-corrected chi connectivity index (χ4v) is 2.23. The summed E-state index contributed by atoms with van der Waals surface area (Å²) in [7, 11) is 1.68. The Bertz CT molecular complexity index is 398. The van der Waals surface area contributed by atoms with E-state index in [1.165, 1.54) is 12.1 Å². The number of ether oxygens (including phenoxy) is 1. The van der Waals surface area contributed by atoms with Gasteiger partial charge < -0.3 is 10.1 Å². The van der Waals surface area contributed by atoms with E-state index >= 15 is 0 Å². The zero-order chi connectivity index (χ0) is 15.0. The van der Waals surface area contributed by atoms with Crippen LogP contribution in [0.15, 0.2) is 18.2 Å². The zero-order valence-corrected chi connectivity index (χ0v) is 12.6. The van der Waals surface area contributed by atoms with E-state index < -0.39 is 11.6 Å². The Morgan fingerprint density at radius 1 is 1.30 bits per heavy atom. The summed E-state index contributed by atoms with van der Waals surface area (Å²) in [5, 5.41) is 3.45. The molecule has 0 aliphatic carbocycles. The second kappa shape index (κ2) is 9.03. The highest BCUT2D eigenvalue weighted by Crippen LogP contribution is 2.17. The molecule has 20 heavy (non-hydrogen) atoms. The van der Waals surface area contributed by atoms with E-state index in [-0.39, 0.29) is 6.04 Å². The summed E-state index contributed by atoms with van der Waals surface area (Å²) in [5.74, 6) is -0.630. The molecule has 0 aliphatic heterocycles. The van der Waals surface area contributed by atoms with Crippen molar-refractivity contribution in [2.45, 2.75) is 39.2 Å². The lowest BCUT2D eigenvalue weighted by molar-refractivity contribution is 0.169. The van der Waals surface area contributed by atoms with Gasteiger partial charge in [-0.25, -0.2) is 8.78 Å². The maximum Gasteiger partial charge on any atom is 0.129 e. The van der Waals surface area contributed by atoms with Crippen molar-refractivity contribution >= 4 is 0 Å². The van der Waals surface area contributed by atoms with Gasteiger partial charge in [0.2, 0.25) is 0 Å². The summed E-state index contributed by atoms with van der Waals surface area (Å²) in [6.45, 7) is 5.82. The van der Waals surface area contributed by atoms with Crippen LogP contribution in [0.5, 0.6) is 0 Å². The lowest BCUT2D eigenvalue weighted by Crippen LogP contribution is -2.38. The fraction of sp³-hybridized carbons (Fsp3) is 0.625. The Labute approximate surface area is 120 Å². The molecular formula is C16H25F2NO.